The largest absolute Gasteiger partial charge is 0.481 e. The van der Waals surface area contributed by atoms with Crippen molar-refractivity contribution in [3.05, 3.63) is 48.6 Å². The zero-order chi connectivity index (χ0) is 62.2. The second-order valence-electron chi connectivity index (χ2n) is 18.5. The van der Waals surface area contributed by atoms with Crippen molar-refractivity contribution in [1.29, 1.82) is 5.41 Å². The third-order valence-corrected chi connectivity index (χ3v) is 11.9. The first-order chi connectivity index (χ1) is 39.3. The lowest BCUT2D eigenvalue weighted by Crippen LogP contribution is -2.68. The molecule has 0 radical (unpaired) electrons. The SMILES string of the molecule is C=CC(=O)NCCCCCC(=O)N[C@@H](Cc1ccccc1)C(=O)NCC(=O)N[C@@H](CC(=O)N[C@@H]1OC(CO)[C@@H](O)[C@H](O)C1NC(C)=O)C(=O)NCC(=O)N[C@@H](CCCNC(=N)N)C(=O)NCC(=O)N[C@@H](CC(=O)O)C(=O)N[C@@H](CO)C(=O)O. The van der Waals surface area contributed by atoms with Crippen molar-refractivity contribution in [3.63, 3.8) is 0 Å². The first-order valence-electron chi connectivity index (χ1n) is 25.9. The van der Waals surface area contributed by atoms with E-state index in [1.54, 1.807) is 30.3 Å². The van der Waals surface area contributed by atoms with Gasteiger partial charge < -0.3 is 105 Å². The fraction of sp³-hybridized carbons (Fsp3) is 0.551. The van der Waals surface area contributed by atoms with Gasteiger partial charge in [0, 0.05) is 32.9 Å². The molecular formula is C49H74N14O20. The normalized spacial score (nSPS) is 18.0. The predicted molar refractivity (Wildman–Crippen MR) is 285 cm³/mol. The van der Waals surface area contributed by atoms with Crippen LogP contribution in [-0.2, 0) is 73.5 Å². The number of carboxylic acids is 2. The lowest BCUT2D eigenvalue weighted by molar-refractivity contribution is -0.203. The van der Waals surface area contributed by atoms with Crippen LogP contribution in [0.15, 0.2) is 43.0 Å². The lowest BCUT2D eigenvalue weighted by Gasteiger charge is -2.42. The van der Waals surface area contributed by atoms with Gasteiger partial charge in [-0.1, -0.05) is 43.3 Å². The molecule has 0 spiro atoms. The van der Waals surface area contributed by atoms with E-state index < -0.39 is 183 Å². The highest BCUT2D eigenvalue weighted by molar-refractivity contribution is 5.98. The number of nitrogens with one attached hydrogen (secondary N) is 13. The average molecular weight is 1180 g/mol. The molecule has 1 fully saturated rings. The Morgan fingerprint density at radius 1 is 0.627 bits per heavy atom. The molecule has 0 saturated carbocycles. The summed E-state index contributed by atoms with van der Waals surface area (Å²) in [6, 6.07) is -1.47. The Bertz CT molecular complexity index is 2450. The molecule has 0 bridgehead atoms. The number of aliphatic hydroxyl groups excluding tert-OH is 4. The minimum absolute atomic E-state index is 0.00236. The maximum absolute atomic E-state index is 13.8. The zero-order valence-electron chi connectivity index (χ0n) is 45.2. The number of rotatable bonds is 37. The molecule has 0 aromatic heterocycles. The van der Waals surface area contributed by atoms with Gasteiger partial charge in [-0.3, -0.25) is 62.9 Å². The van der Waals surface area contributed by atoms with Gasteiger partial charge in [0.15, 0.2) is 12.2 Å². The number of ether oxygens (including phenoxy) is 1. The molecule has 1 saturated heterocycles. The average Bonchev–Trinajstić information content (AvgIpc) is 3.61. The number of benzene rings is 1. The van der Waals surface area contributed by atoms with Crippen LogP contribution in [0.3, 0.4) is 0 Å². The van der Waals surface area contributed by atoms with Crippen LogP contribution in [0.25, 0.3) is 0 Å². The number of hydrogen-bond acceptors (Lipinski definition) is 19. The van der Waals surface area contributed by atoms with E-state index in [1.807, 2.05) is 10.6 Å². The summed E-state index contributed by atoms with van der Waals surface area (Å²) in [5.41, 5.74) is 5.95. The molecule has 34 nitrogen and oxygen atoms in total. The highest BCUT2D eigenvalue weighted by Crippen LogP contribution is 2.20. The van der Waals surface area contributed by atoms with E-state index in [0.717, 1.165) is 13.0 Å². The van der Waals surface area contributed by atoms with Crippen LogP contribution in [-0.4, -0.2) is 220 Å². The van der Waals surface area contributed by atoms with Crippen LogP contribution in [0, 0.1) is 5.41 Å². The van der Waals surface area contributed by atoms with E-state index in [0.29, 0.717) is 31.4 Å². The molecule has 1 aromatic carbocycles. The highest BCUT2D eigenvalue weighted by atomic mass is 16.5. The van der Waals surface area contributed by atoms with Crippen molar-refractivity contribution < 1.29 is 97.7 Å². The summed E-state index contributed by atoms with van der Waals surface area (Å²) >= 11 is 0. The highest BCUT2D eigenvalue weighted by Gasteiger charge is 2.45. The van der Waals surface area contributed by atoms with Crippen molar-refractivity contribution in [1.82, 2.24) is 63.8 Å². The number of aliphatic carboxylic acids is 2. The standard InChI is InChI=1S/C49H74N14O20/c1-3-33(67)52-15-9-5-8-14-34(68)59-28(17-26-11-6-4-7-12-26)44(78)55-22-37(71)60-29(18-35(69)63-47-40(57-25(2)66)42(76)41(75)32(24-65)83-47)45(79)56-20-36(70)58-27(13-10-16-53-49(50)51)43(77)54-21-38(72)61-30(19-39(73)74)46(80)62-31(23-64)48(81)82/h3-4,6-7,11-12,27-32,40-42,47,64-65,75-76H,1,5,8-10,13-24H2,2H3,(H,52,67)(H,54,77)(H,55,78)(H,56,79)(H,57,66)(H,58,70)(H,59,68)(H,60,71)(H,61,72)(H,62,80)(H,63,69)(H,73,74)(H,81,82)(H4,50,51,53)/t27-,28-,29-,30-,31-,32?,40?,41+,42+,47+/m0/s1. The molecule has 0 aliphatic carbocycles. The quantitative estimate of drug-likeness (QED) is 0.0127. The first-order valence-corrected chi connectivity index (χ1v) is 25.9. The van der Waals surface area contributed by atoms with E-state index in [1.165, 1.54) is 0 Å². The molecule has 460 valence electrons. The maximum atomic E-state index is 13.8. The Kier molecular flexibility index (Phi) is 31.5. The molecule has 21 N–H and O–H groups in total. The van der Waals surface area contributed by atoms with Crippen LogP contribution >= 0.6 is 0 Å². The van der Waals surface area contributed by atoms with Crippen LogP contribution in [0.2, 0.25) is 0 Å². The van der Waals surface area contributed by atoms with Gasteiger partial charge in [0.2, 0.25) is 65.0 Å². The second-order valence-corrected chi connectivity index (χ2v) is 18.5. The predicted octanol–water partition coefficient (Wildman–Crippen LogP) is -8.87. The molecule has 83 heavy (non-hydrogen) atoms. The summed E-state index contributed by atoms with van der Waals surface area (Å²) in [5, 5.41) is 93.5. The fourth-order valence-electron chi connectivity index (χ4n) is 7.69. The molecule has 10 atom stereocenters. The Hall–Kier alpha value is -8.86. The Balaban J connectivity index is 2.32. The number of nitrogens with two attached hydrogens (primary N) is 1. The van der Waals surface area contributed by atoms with Gasteiger partial charge >= 0.3 is 11.9 Å². The van der Waals surface area contributed by atoms with Gasteiger partial charge in [-0.25, -0.2) is 4.79 Å². The summed E-state index contributed by atoms with van der Waals surface area (Å²) in [4.78, 5) is 166. The molecule has 1 aliphatic heterocycles. The third-order valence-electron chi connectivity index (χ3n) is 11.9. The van der Waals surface area contributed by atoms with Crippen molar-refractivity contribution in [2.75, 3.05) is 45.9 Å². The van der Waals surface area contributed by atoms with Gasteiger partial charge in [-0.05, 0) is 37.3 Å². The Labute approximate surface area is 474 Å². The van der Waals surface area contributed by atoms with Gasteiger partial charge in [0.05, 0.1) is 45.7 Å². The summed E-state index contributed by atoms with van der Waals surface area (Å²) in [5.74, 6) is -14.3. The monoisotopic (exact) mass is 1180 g/mol. The minimum Gasteiger partial charge on any atom is -0.481 e. The summed E-state index contributed by atoms with van der Waals surface area (Å²) in [7, 11) is 0. The van der Waals surface area contributed by atoms with Gasteiger partial charge in [0.25, 0.3) is 0 Å². The molecule has 1 heterocycles. The number of guanidine groups is 1. The number of aliphatic hydroxyl groups is 4. The van der Waals surface area contributed by atoms with Crippen LogP contribution in [0.5, 0.6) is 0 Å². The molecule has 2 rings (SSSR count). The second kappa shape index (κ2) is 37.2. The van der Waals surface area contributed by atoms with E-state index >= 15 is 0 Å². The van der Waals surface area contributed by atoms with Crippen LogP contribution in [0.4, 0.5) is 0 Å². The molecular weight excluding hydrogens is 1100 g/mol. The van der Waals surface area contributed by atoms with Gasteiger partial charge in [-0.15, -0.1) is 0 Å². The van der Waals surface area contributed by atoms with Crippen molar-refractivity contribution >= 4 is 82.9 Å². The number of amides is 11. The Morgan fingerprint density at radius 3 is 1.70 bits per heavy atom. The van der Waals surface area contributed by atoms with E-state index in [-0.39, 0.29) is 38.1 Å². The van der Waals surface area contributed by atoms with Gasteiger partial charge in [0.1, 0.15) is 54.6 Å². The fourth-order valence-corrected chi connectivity index (χ4v) is 7.69. The number of unbranched alkanes of at least 4 members (excludes halogenated alkanes) is 2. The summed E-state index contributed by atoms with van der Waals surface area (Å²) < 4.78 is 5.53. The number of carbonyl (C=O) groups is 13. The summed E-state index contributed by atoms with van der Waals surface area (Å²) in [6.07, 6.45) is -6.39. The van der Waals surface area contributed by atoms with E-state index in [2.05, 4.69) is 59.7 Å². The maximum Gasteiger partial charge on any atom is 0.328 e. The van der Waals surface area contributed by atoms with Crippen LogP contribution in [0.1, 0.15) is 63.9 Å². The van der Waals surface area contributed by atoms with Crippen molar-refractivity contribution in [2.45, 2.75) is 126 Å². The number of carboxylic acid groups (broad SMARTS) is 2. The van der Waals surface area contributed by atoms with Crippen LogP contribution < -0.4 is 69.5 Å². The third kappa shape index (κ3) is 27.4. The zero-order valence-corrected chi connectivity index (χ0v) is 45.2. The minimum atomic E-state index is -1.93. The summed E-state index contributed by atoms with van der Waals surface area (Å²) in [6.45, 7) is -0.00623. The van der Waals surface area contributed by atoms with E-state index in [4.69, 9.17) is 21.0 Å². The molecule has 2 unspecified atom stereocenters. The van der Waals surface area contributed by atoms with Crippen molar-refractivity contribution in [3.8, 4) is 0 Å². The smallest absolute Gasteiger partial charge is 0.328 e. The first kappa shape index (κ1) is 70.2. The molecule has 1 aromatic rings. The number of carbonyl (C=O) groups excluding carboxylic acids is 11. The Morgan fingerprint density at radius 2 is 1.17 bits per heavy atom. The molecule has 1 aliphatic rings. The van der Waals surface area contributed by atoms with Crippen molar-refractivity contribution in [2.24, 2.45) is 5.73 Å². The molecule has 34 heteroatoms. The molecule has 11 amide bonds. The lowest BCUT2D eigenvalue weighted by atomic mass is 9.95. The number of hydrogen-bond donors (Lipinski definition) is 20. The van der Waals surface area contributed by atoms with Gasteiger partial charge in [-0.2, -0.15) is 0 Å². The topological polar surface area (TPSA) is 547 Å². The van der Waals surface area contributed by atoms with E-state index in [9.17, 15) is 87.9 Å².